The van der Waals surface area contributed by atoms with Gasteiger partial charge in [-0.2, -0.15) is 0 Å². The second kappa shape index (κ2) is 8.33. The van der Waals surface area contributed by atoms with E-state index in [-0.39, 0.29) is 10.8 Å². The van der Waals surface area contributed by atoms with E-state index in [4.69, 9.17) is 16.3 Å². The molecule has 0 spiro atoms. The zero-order valence-corrected chi connectivity index (χ0v) is 16.4. The number of benzene rings is 3. The number of amides is 1. The summed E-state index contributed by atoms with van der Waals surface area (Å²) < 4.78 is 32.8. The van der Waals surface area contributed by atoms with Gasteiger partial charge < -0.3 is 10.1 Å². The van der Waals surface area contributed by atoms with E-state index >= 15 is 0 Å². The molecule has 0 heterocycles. The van der Waals surface area contributed by atoms with Gasteiger partial charge in [-0.15, -0.1) is 0 Å². The maximum Gasteiger partial charge on any atom is 0.262 e. The van der Waals surface area contributed by atoms with Gasteiger partial charge in [0.05, 0.1) is 17.7 Å². The molecule has 0 aliphatic rings. The zero-order chi connectivity index (χ0) is 20.1. The SMILES string of the molecule is COc1ccccc1NS(=O)(=O)c1ccc(NC(=O)c2ccc(Cl)cc2)cc1. The van der Waals surface area contributed by atoms with Crippen molar-refractivity contribution in [3.63, 3.8) is 0 Å². The Bertz CT molecular complexity index is 1080. The molecule has 2 N–H and O–H groups in total. The van der Waals surface area contributed by atoms with Crippen molar-refractivity contribution in [2.45, 2.75) is 4.90 Å². The second-order valence-electron chi connectivity index (χ2n) is 5.79. The fourth-order valence-corrected chi connectivity index (χ4v) is 3.65. The summed E-state index contributed by atoms with van der Waals surface area (Å²) in [6, 6.07) is 19.0. The Kier molecular flexibility index (Phi) is 5.87. The van der Waals surface area contributed by atoms with Gasteiger partial charge in [0.2, 0.25) is 0 Å². The lowest BCUT2D eigenvalue weighted by molar-refractivity contribution is 0.102. The normalized spacial score (nSPS) is 10.9. The summed E-state index contributed by atoms with van der Waals surface area (Å²) in [5, 5.41) is 3.24. The Labute approximate surface area is 168 Å². The number of carbonyl (C=O) groups excluding carboxylic acids is 1. The van der Waals surface area contributed by atoms with Crippen molar-refractivity contribution in [3.8, 4) is 5.75 Å². The van der Waals surface area contributed by atoms with Crippen LogP contribution in [0.3, 0.4) is 0 Å². The molecule has 28 heavy (non-hydrogen) atoms. The van der Waals surface area contributed by atoms with Gasteiger partial charge in [0.15, 0.2) is 0 Å². The van der Waals surface area contributed by atoms with Crippen LogP contribution in [0.25, 0.3) is 0 Å². The minimum atomic E-state index is -3.81. The number of carbonyl (C=O) groups is 1. The zero-order valence-electron chi connectivity index (χ0n) is 14.8. The minimum Gasteiger partial charge on any atom is -0.495 e. The van der Waals surface area contributed by atoms with Crippen molar-refractivity contribution >= 4 is 38.9 Å². The van der Waals surface area contributed by atoms with Crippen molar-refractivity contribution in [1.82, 2.24) is 0 Å². The maximum atomic E-state index is 12.6. The Morgan fingerprint density at radius 2 is 1.57 bits per heavy atom. The summed E-state index contributed by atoms with van der Waals surface area (Å²) in [5.41, 5.74) is 1.25. The van der Waals surface area contributed by atoms with Gasteiger partial charge in [-0.25, -0.2) is 8.42 Å². The Hall–Kier alpha value is -3.03. The molecule has 0 atom stereocenters. The first-order valence-electron chi connectivity index (χ1n) is 8.22. The van der Waals surface area contributed by atoms with Crippen molar-refractivity contribution in [2.24, 2.45) is 0 Å². The molecule has 0 radical (unpaired) electrons. The lowest BCUT2D eigenvalue weighted by Gasteiger charge is -2.12. The van der Waals surface area contributed by atoms with Crippen LogP contribution in [-0.4, -0.2) is 21.4 Å². The number of methoxy groups -OCH3 is 1. The topological polar surface area (TPSA) is 84.5 Å². The molecule has 0 saturated carbocycles. The molecule has 0 saturated heterocycles. The molecule has 0 bridgehead atoms. The molecular formula is C20H17ClN2O4S. The number of ether oxygens (including phenoxy) is 1. The monoisotopic (exact) mass is 416 g/mol. The predicted molar refractivity (Wildman–Crippen MR) is 110 cm³/mol. The smallest absolute Gasteiger partial charge is 0.262 e. The maximum absolute atomic E-state index is 12.6. The highest BCUT2D eigenvalue weighted by Gasteiger charge is 2.16. The summed E-state index contributed by atoms with van der Waals surface area (Å²) in [4.78, 5) is 12.3. The van der Waals surface area contributed by atoms with E-state index in [1.165, 1.54) is 31.4 Å². The van der Waals surface area contributed by atoms with Crippen LogP contribution >= 0.6 is 11.6 Å². The number of anilines is 2. The molecular weight excluding hydrogens is 400 g/mol. The third-order valence-electron chi connectivity index (χ3n) is 3.88. The highest BCUT2D eigenvalue weighted by Crippen LogP contribution is 2.26. The van der Waals surface area contributed by atoms with Gasteiger partial charge in [-0.3, -0.25) is 9.52 Å². The average Bonchev–Trinajstić information content (AvgIpc) is 2.69. The van der Waals surface area contributed by atoms with Gasteiger partial charge in [0, 0.05) is 16.3 Å². The van der Waals surface area contributed by atoms with Crippen molar-refractivity contribution in [3.05, 3.63) is 83.4 Å². The Morgan fingerprint density at radius 1 is 0.929 bits per heavy atom. The van der Waals surface area contributed by atoms with E-state index in [1.807, 2.05) is 0 Å². The van der Waals surface area contributed by atoms with E-state index in [2.05, 4.69) is 10.0 Å². The number of halogens is 1. The molecule has 0 aliphatic heterocycles. The van der Waals surface area contributed by atoms with E-state index in [0.717, 1.165) is 0 Å². The van der Waals surface area contributed by atoms with Crippen molar-refractivity contribution in [1.29, 1.82) is 0 Å². The molecule has 1 amide bonds. The molecule has 0 aliphatic carbocycles. The average molecular weight is 417 g/mol. The van der Waals surface area contributed by atoms with E-state index in [0.29, 0.717) is 27.7 Å². The Balaban J connectivity index is 1.74. The van der Waals surface area contributed by atoms with Crippen LogP contribution in [0.4, 0.5) is 11.4 Å². The molecule has 3 aromatic rings. The van der Waals surface area contributed by atoms with Crippen LogP contribution in [0.15, 0.2) is 77.7 Å². The standard InChI is InChI=1S/C20H17ClN2O4S/c1-27-19-5-3-2-4-18(19)23-28(25,26)17-12-10-16(11-13-17)22-20(24)14-6-8-15(21)9-7-14/h2-13,23H,1H3,(H,22,24). The van der Waals surface area contributed by atoms with E-state index < -0.39 is 10.0 Å². The van der Waals surface area contributed by atoms with Gasteiger partial charge in [0.25, 0.3) is 15.9 Å². The lowest BCUT2D eigenvalue weighted by Crippen LogP contribution is -2.14. The summed E-state index contributed by atoms with van der Waals surface area (Å²) in [6.45, 7) is 0. The molecule has 0 unspecified atom stereocenters. The van der Waals surface area contributed by atoms with Gasteiger partial charge in [-0.1, -0.05) is 23.7 Å². The molecule has 6 nitrogen and oxygen atoms in total. The van der Waals surface area contributed by atoms with Gasteiger partial charge >= 0.3 is 0 Å². The highest BCUT2D eigenvalue weighted by molar-refractivity contribution is 7.92. The number of hydrogen-bond acceptors (Lipinski definition) is 4. The van der Waals surface area contributed by atoms with Crippen molar-refractivity contribution in [2.75, 3.05) is 17.1 Å². The quantitative estimate of drug-likeness (QED) is 0.623. The van der Waals surface area contributed by atoms with Crippen LogP contribution in [0, 0.1) is 0 Å². The van der Waals surface area contributed by atoms with Crippen LogP contribution in [0.1, 0.15) is 10.4 Å². The molecule has 3 aromatic carbocycles. The largest absolute Gasteiger partial charge is 0.495 e. The summed E-state index contributed by atoms with van der Waals surface area (Å²) >= 11 is 5.81. The minimum absolute atomic E-state index is 0.0582. The van der Waals surface area contributed by atoms with Crippen molar-refractivity contribution < 1.29 is 17.9 Å². The highest BCUT2D eigenvalue weighted by atomic mass is 35.5. The number of hydrogen-bond donors (Lipinski definition) is 2. The second-order valence-corrected chi connectivity index (χ2v) is 7.91. The summed E-state index contributed by atoms with van der Waals surface area (Å²) in [7, 11) is -2.34. The van der Waals surface area contributed by atoms with Gasteiger partial charge in [-0.05, 0) is 60.7 Å². The van der Waals surface area contributed by atoms with Crippen LogP contribution in [0.5, 0.6) is 5.75 Å². The fraction of sp³-hybridized carbons (Fsp3) is 0.0500. The summed E-state index contributed by atoms with van der Waals surface area (Å²) in [5.74, 6) is 0.0948. The lowest BCUT2D eigenvalue weighted by atomic mass is 10.2. The van der Waals surface area contributed by atoms with Crippen LogP contribution < -0.4 is 14.8 Å². The van der Waals surface area contributed by atoms with Gasteiger partial charge in [0.1, 0.15) is 5.75 Å². The van der Waals surface area contributed by atoms with E-state index in [9.17, 15) is 13.2 Å². The number of sulfonamides is 1. The third kappa shape index (κ3) is 4.62. The molecule has 144 valence electrons. The van der Waals surface area contributed by atoms with Crippen LogP contribution in [0.2, 0.25) is 5.02 Å². The number of rotatable bonds is 6. The number of nitrogens with one attached hydrogen (secondary N) is 2. The molecule has 0 fully saturated rings. The Morgan fingerprint density at radius 3 is 2.21 bits per heavy atom. The molecule has 8 heteroatoms. The number of para-hydroxylation sites is 2. The summed E-state index contributed by atoms with van der Waals surface area (Å²) in [6.07, 6.45) is 0. The fourth-order valence-electron chi connectivity index (χ4n) is 2.45. The predicted octanol–water partition coefficient (Wildman–Crippen LogP) is 4.40. The first-order chi connectivity index (χ1) is 13.4. The first kappa shape index (κ1) is 19.7. The molecule has 0 aromatic heterocycles. The van der Waals surface area contributed by atoms with E-state index in [1.54, 1.807) is 48.5 Å². The first-order valence-corrected chi connectivity index (χ1v) is 10.1. The molecule has 3 rings (SSSR count). The third-order valence-corrected chi connectivity index (χ3v) is 5.51. The van der Waals surface area contributed by atoms with Crippen LogP contribution in [-0.2, 0) is 10.0 Å².